The first kappa shape index (κ1) is 36.8. The Morgan fingerprint density at radius 1 is 1.02 bits per heavy atom. The molecule has 0 spiro atoms. The number of halogens is 5. The van der Waals surface area contributed by atoms with Crippen molar-refractivity contribution in [3.05, 3.63) is 91.9 Å². The summed E-state index contributed by atoms with van der Waals surface area (Å²) >= 11 is 0. The van der Waals surface area contributed by atoms with Crippen molar-refractivity contribution in [2.75, 3.05) is 13.6 Å². The lowest BCUT2D eigenvalue weighted by molar-refractivity contribution is -0.139. The van der Waals surface area contributed by atoms with Gasteiger partial charge in [0.05, 0.1) is 18.0 Å². The summed E-state index contributed by atoms with van der Waals surface area (Å²) in [5.74, 6) is -3.58. The molecule has 12 heteroatoms. The second-order valence-electron chi connectivity index (χ2n) is 13.4. The van der Waals surface area contributed by atoms with Crippen molar-refractivity contribution < 1.29 is 36.6 Å². The van der Waals surface area contributed by atoms with Crippen molar-refractivity contribution in [3.8, 4) is 11.1 Å². The van der Waals surface area contributed by atoms with Crippen LogP contribution in [-0.2, 0) is 22.2 Å². The molecule has 48 heavy (non-hydrogen) atoms. The number of nitrogens with zero attached hydrogens (tertiary/aromatic N) is 2. The molecule has 1 aliphatic heterocycles. The zero-order valence-corrected chi connectivity index (χ0v) is 28.0. The van der Waals surface area contributed by atoms with E-state index < -0.39 is 59.3 Å². The van der Waals surface area contributed by atoms with E-state index in [4.69, 9.17) is 0 Å². The molecule has 0 radical (unpaired) electrons. The fraction of sp³-hybridized carbons (Fsp3) is 0.472. The van der Waals surface area contributed by atoms with Crippen LogP contribution in [0.1, 0.15) is 85.0 Å². The Bertz CT molecular complexity index is 1730. The number of likely N-dealkylation sites (tertiary alicyclic amines) is 1. The molecule has 1 saturated heterocycles. The summed E-state index contributed by atoms with van der Waals surface area (Å²) in [6.07, 6.45) is -2.86. The SMILES string of the molecule is Cc1cc(-c2c(C)cc(F)cc2C)cc([C@H](CC(=O)O)NC(=O)[C@@H](CC(C)C)n2cc(CC3CCCN3C)c(C(F)(F)F)cc2=O)c1F. The van der Waals surface area contributed by atoms with Crippen LogP contribution < -0.4 is 10.9 Å². The Kier molecular flexibility index (Phi) is 11.2. The van der Waals surface area contributed by atoms with Gasteiger partial charge in [-0.05, 0) is 124 Å². The van der Waals surface area contributed by atoms with E-state index in [9.17, 15) is 37.1 Å². The predicted octanol–water partition coefficient (Wildman–Crippen LogP) is 7.29. The molecule has 2 aromatic carbocycles. The van der Waals surface area contributed by atoms with Gasteiger partial charge < -0.3 is 19.9 Å². The van der Waals surface area contributed by atoms with Gasteiger partial charge in [0, 0.05) is 23.9 Å². The number of aromatic nitrogens is 1. The maximum absolute atomic E-state index is 15.8. The Balaban J connectivity index is 1.80. The van der Waals surface area contributed by atoms with Crippen LogP contribution in [0.5, 0.6) is 0 Å². The van der Waals surface area contributed by atoms with Crippen molar-refractivity contribution in [1.82, 2.24) is 14.8 Å². The number of likely N-dealkylation sites (N-methyl/N-ethyl adjacent to an activating group) is 1. The largest absolute Gasteiger partial charge is 0.481 e. The van der Waals surface area contributed by atoms with Gasteiger partial charge in [-0.15, -0.1) is 0 Å². The molecule has 0 aliphatic carbocycles. The molecule has 1 fully saturated rings. The number of carbonyl (C=O) groups excluding carboxylic acids is 1. The minimum absolute atomic E-state index is 0.0166. The first-order chi connectivity index (χ1) is 22.4. The van der Waals surface area contributed by atoms with E-state index in [1.165, 1.54) is 25.1 Å². The van der Waals surface area contributed by atoms with Crippen molar-refractivity contribution in [2.45, 2.75) is 91.0 Å². The van der Waals surface area contributed by atoms with E-state index in [-0.39, 0.29) is 41.5 Å². The molecular formula is C36H42F5N3O4. The molecule has 1 aromatic heterocycles. The molecule has 0 bridgehead atoms. The number of carbonyl (C=O) groups is 2. The number of rotatable bonds is 11. The first-order valence-corrected chi connectivity index (χ1v) is 16.0. The Morgan fingerprint density at radius 2 is 1.67 bits per heavy atom. The first-order valence-electron chi connectivity index (χ1n) is 16.0. The highest BCUT2D eigenvalue weighted by atomic mass is 19.4. The van der Waals surface area contributed by atoms with Crippen molar-refractivity contribution in [2.24, 2.45) is 5.92 Å². The molecule has 2 N–H and O–H groups in total. The summed E-state index contributed by atoms with van der Waals surface area (Å²) in [6, 6.07) is 3.25. The molecule has 2 heterocycles. The number of aryl methyl sites for hydroxylation is 3. The highest BCUT2D eigenvalue weighted by Crippen LogP contribution is 2.36. The normalized spacial score (nSPS) is 16.7. The molecule has 1 amide bonds. The summed E-state index contributed by atoms with van der Waals surface area (Å²) < 4.78 is 73.2. The highest BCUT2D eigenvalue weighted by Gasteiger charge is 2.37. The van der Waals surface area contributed by atoms with Crippen molar-refractivity contribution >= 4 is 11.9 Å². The van der Waals surface area contributed by atoms with Gasteiger partial charge in [0.15, 0.2) is 0 Å². The summed E-state index contributed by atoms with van der Waals surface area (Å²) in [5.41, 5.74) is 0.0710. The Labute approximate surface area is 276 Å². The third kappa shape index (κ3) is 8.32. The van der Waals surface area contributed by atoms with Crippen LogP contribution in [-0.4, -0.2) is 46.1 Å². The van der Waals surface area contributed by atoms with Crippen molar-refractivity contribution in [1.29, 1.82) is 0 Å². The van der Waals surface area contributed by atoms with Crippen LogP contribution in [0.3, 0.4) is 0 Å². The van der Waals surface area contributed by atoms with E-state index in [1.807, 2.05) is 11.9 Å². The van der Waals surface area contributed by atoms with Crippen LogP contribution in [0.15, 0.2) is 41.3 Å². The third-order valence-electron chi connectivity index (χ3n) is 9.07. The number of hydrogen-bond acceptors (Lipinski definition) is 4. The highest BCUT2D eigenvalue weighted by molar-refractivity contribution is 5.82. The van der Waals surface area contributed by atoms with E-state index in [1.54, 1.807) is 33.8 Å². The van der Waals surface area contributed by atoms with Gasteiger partial charge in [-0.25, -0.2) is 8.78 Å². The lowest BCUT2D eigenvalue weighted by Crippen LogP contribution is -2.41. The fourth-order valence-corrected chi connectivity index (χ4v) is 6.79. The van der Waals surface area contributed by atoms with Gasteiger partial charge in [-0.1, -0.05) is 13.8 Å². The lowest BCUT2D eigenvalue weighted by Gasteiger charge is -2.27. The predicted molar refractivity (Wildman–Crippen MR) is 173 cm³/mol. The zero-order chi connectivity index (χ0) is 35.7. The number of pyridine rings is 1. The van der Waals surface area contributed by atoms with E-state index in [2.05, 4.69) is 5.32 Å². The Hall–Kier alpha value is -4.06. The van der Waals surface area contributed by atoms with E-state index in [0.717, 1.165) is 23.7 Å². The quantitative estimate of drug-likeness (QED) is 0.208. The average Bonchev–Trinajstić information content (AvgIpc) is 3.36. The van der Waals surface area contributed by atoms with Gasteiger partial charge >= 0.3 is 12.1 Å². The van der Waals surface area contributed by atoms with Gasteiger partial charge in [-0.3, -0.25) is 14.4 Å². The van der Waals surface area contributed by atoms with Crippen LogP contribution >= 0.6 is 0 Å². The van der Waals surface area contributed by atoms with Crippen LogP contribution in [0.2, 0.25) is 0 Å². The summed E-state index contributed by atoms with van der Waals surface area (Å²) in [6.45, 7) is 9.15. The van der Waals surface area contributed by atoms with Crippen LogP contribution in [0.4, 0.5) is 22.0 Å². The smallest absolute Gasteiger partial charge is 0.416 e. The minimum atomic E-state index is -4.80. The van der Waals surface area contributed by atoms with Crippen molar-refractivity contribution in [3.63, 3.8) is 0 Å². The minimum Gasteiger partial charge on any atom is -0.481 e. The number of carboxylic acids is 1. The van der Waals surface area contributed by atoms with E-state index in [0.29, 0.717) is 34.7 Å². The molecular weight excluding hydrogens is 633 g/mol. The number of alkyl halides is 3. The monoisotopic (exact) mass is 675 g/mol. The fourth-order valence-electron chi connectivity index (χ4n) is 6.79. The van der Waals surface area contributed by atoms with Gasteiger partial charge in [0.2, 0.25) is 5.91 Å². The Morgan fingerprint density at radius 3 is 2.21 bits per heavy atom. The van der Waals surface area contributed by atoms with E-state index >= 15 is 4.39 Å². The molecule has 4 rings (SSSR count). The maximum Gasteiger partial charge on any atom is 0.416 e. The number of carboxylic acid groups (broad SMARTS) is 1. The molecule has 1 unspecified atom stereocenters. The lowest BCUT2D eigenvalue weighted by atomic mass is 9.90. The molecule has 3 aromatic rings. The average molecular weight is 676 g/mol. The number of amides is 1. The standard InChI is InChI=1S/C36H42F5N3O4/c1-19(2)10-30(44-18-24(14-26-8-7-9-43(26)6)28(16-31(44)45)36(39,40)41)35(48)42-29(17-32(46)47)27-15-23(11-22(5)34(27)38)33-20(3)12-25(37)13-21(33)4/h11-13,15-16,18-19,26,29-30H,7-10,14,17H2,1-6H3,(H,42,48)(H,46,47)/t26?,29-,30+/m0/s1. The number of benzene rings is 2. The van der Waals surface area contributed by atoms with Crippen LogP contribution in [0.25, 0.3) is 11.1 Å². The molecule has 260 valence electrons. The summed E-state index contributed by atoms with van der Waals surface area (Å²) in [7, 11) is 1.83. The molecule has 0 saturated carbocycles. The maximum atomic E-state index is 15.8. The second-order valence-corrected chi connectivity index (χ2v) is 13.4. The molecule has 3 atom stereocenters. The summed E-state index contributed by atoms with van der Waals surface area (Å²) in [4.78, 5) is 41.3. The second kappa shape index (κ2) is 14.6. The molecule has 1 aliphatic rings. The number of aliphatic carboxylic acids is 1. The third-order valence-corrected chi connectivity index (χ3v) is 9.07. The van der Waals surface area contributed by atoms with Crippen LogP contribution in [0, 0.1) is 38.3 Å². The summed E-state index contributed by atoms with van der Waals surface area (Å²) in [5, 5.41) is 12.4. The van der Waals surface area contributed by atoms with Gasteiger partial charge in [-0.2, -0.15) is 13.2 Å². The number of hydrogen-bond donors (Lipinski definition) is 2. The number of nitrogens with one attached hydrogen (secondary N) is 1. The topological polar surface area (TPSA) is 91.6 Å². The zero-order valence-electron chi connectivity index (χ0n) is 28.0. The van der Waals surface area contributed by atoms with Gasteiger partial charge in [0.1, 0.15) is 17.7 Å². The molecule has 7 nitrogen and oxygen atoms in total. The van der Waals surface area contributed by atoms with Gasteiger partial charge in [0.25, 0.3) is 5.56 Å².